The molecule has 1 aromatic carbocycles. The maximum absolute atomic E-state index is 13.0. The molecule has 2 aliphatic heterocycles. The lowest BCUT2D eigenvalue weighted by atomic mass is 10.0. The minimum Gasteiger partial charge on any atom is -0.453 e. The van der Waals surface area contributed by atoms with Gasteiger partial charge in [-0.3, -0.25) is 9.59 Å². The van der Waals surface area contributed by atoms with Crippen molar-refractivity contribution in [3.05, 3.63) is 35.5 Å². The van der Waals surface area contributed by atoms with Gasteiger partial charge in [-0.1, -0.05) is 18.2 Å². The van der Waals surface area contributed by atoms with Crippen LogP contribution in [0, 0.1) is 6.92 Å². The van der Waals surface area contributed by atoms with Crippen LogP contribution in [0.15, 0.2) is 24.3 Å². The average molecular weight is 386 g/mol. The first kappa shape index (κ1) is 18.1. The molecule has 0 aliphatic carbocycles. The summed E-state index contributed by atoms with van der Waals surface area (Å²) in [4.78, 5) is 42.4. The number of nitrogens with zero attached hydrogens (tertiary/aromatic N) is 1. The van der Waals surface area contributed by atoms with Crippen molar-refractivity contribution in [2.75, 3.05) is 5.75 Å². The number of ketones is 1. The Labute approximate surface area is 161 Å². The number of amides is 1. The molecule has 3 atom stereocenters. The van der Waals surface area contributed by atoms with Crippen molar-refractivity contribution in [3.8, 4) is 0 Å². The van der Waals surface area contributed by atoms with E-state index in [1.54, 1.807) is 23.6 Å². The number of hydrogen-bond donors (Lipinski definition) is 1. The second-order valence-corrected chi connectivity index (χ2v) is 8.88. The summed E-state index contributed by atoms with van der Waals surface area (Å²) in [6, 6.07) is 6.94. The molecule has 4 rings (SSSR count). The fourth-order valence-corrected chi connectivity index (χ4v) is 5.52. The lowest BCUT2D eigenvalue weighted by Crippen LogP contribution is -2.47. The van der Waals surface area contributed by atoms with Crippen molar-refractivity contribution in [1.82, 2.24) is 9.88 Å². The number of thioether (sulfide) groups is 1. The number of hydrogen-bond acceptors (Lipinski definition) is 5. The van der Waals surface area contributed by atoms with Crippen molar-refractivity contribution in [3.63, 3.8) is 0 Å². The molecule has 2 fully saturated rings. The average Bonchev–Trinajstić information content (AvgIpc) is 3.24. The first-order chi connectivity index (χ1) is 12.8. The van der Waals surface area contributed by atoms with E-state index in [-0.39, 0.29) is 16.6 Å². The molecule has 2 aromatic rings. The fourth-order valence-electron chi connectivity index (χ4n) is 4.10. The van der Waals surface area contributed by atoms with Crippen molar-refractivity contribution < 1.29 is 19.1 Å². The molecule has 0 unspecified atom stereocenters. The minimum absolute atomic E-state index is 0.0177. The number of rotatable bonds is 4. The fraction of sp³-hybridized carbons (Fsp3) is 0.450. The van der Waals surface area contributed by atoms with Gasteiger partial charge in [0, 0.05) is 34.3 Å². The van der Waals surface area contributed by atoms with Crippen LogP contribution in [0.4, 0.5) is 0 Å². The van der Waals surface area contributed by atoms with Crippen molar-refractivity contribution >= 4 is 40.3 Å². The van der Waals surface area contributed by atoms with Crippen LogP contribution in [-0.2, 0) is 14.3 Å². The van der Waals surface area contributed by atoms with Gasteiger partial charge in [-0.25, -0.2) is 4.79 Å². The van der Waals surface area contributed by atoms with E-state index in [4.69, 9.17) is 4.74 Å². The van der Waals surface area contributed by atoms with E-state index in [9.17, 15) is 14.4 Å². The van der Waals surface area contributed by atoms with Crippen LogP contribution in [0.2, 0.25) is 0 Å². The van der Waals surface area contributed by atoms with E-state index >= 15 is 0 Å². The number of esters is 1. The lowest BCUT2D eigenvalue weighted by molar-refractivity contribution is -0.155. The number of aryl methyl sites for hydroxylation is 1. The van der Waals surface area contributed by atoms with E-state index in [0.717, 1.165) is 23.0 Å². The zero-order valence-corrected chi connectivity index (χ0v) is 16.4. The van der Waals surface area contributed by atoms with Crippen molar-refractivity contribution in [1.29, 1.82) is 0 Å². The normalized spacial score (nSPS) is 25.7. The Hall–Kier alpha value is -2.28. The molecule has 7 heteroatoms. The Bertz CT molecular complexity index is 953. The number of benzene rings is 1. The van der Waals surface area contributed by atoms with E-state index in [1.165, 1.54) is 0 Å². The Morgan fingerprint density at radius 1 is 1.37 bits per heavy atom. The molecule has 1 N–H and O–H groups in total. The van der Waals surface area contributed by atoms with E-state index in [2.05, 4.69) is 4.98 Å². The maximum atomic E-state index is 13.0. The highest BCUT2D eigenvalue weighted by Gasteiger charge is 2.53. The van der Waals surface area contributed by atoms with Crippen LogP contribution in [0.25, 0.3) is 10.9 Å². The van der Waals surface area contributed by atoms with Crippen LogP contribution in [0.1, 0.15) is 42.7 Å². The molecule has 142 valence electrons. The lowest BCUT2D eigenvalue weighted by Gasteiger charge is -2.29. The molecule has 1 amide bonds. The zero-order chi connectivity index (χ0) is 19.3. The van der Waals surface area contributed by atoms with E-state index in [0.29, 0.717) is 17.7 Å². The van der Waals surface area contributed by atoms with Gasteiger partial charge in [0.05, 0.1) is 4.87 Å². The number of aromatic amines is 1. The molecule has 6 nitrogen and oxygen atoms in total. The van der Waals surface area contributed by atoms with Crippen molar-refractivity contribution in [2.24, 2.45) is 0 Å². The number of carbonyl (C=O) groups excluding carboxylic acids is 3. The first-order valence-corrected chi connectivity index (χ1v) is 10.1. The first-order valence-electron chi connectivity index (χ1n) is 9.10. The molecule has 27 heavy (non-hydrogen) atoms. The van der Waals surface area contributed by atoms with E-state index in [1.807, 2.05) is 38.1 Å². The zero-order valence-electron chi connectivity index (χ0n) is 15.6. The number of fused-ring (bicyclic) bond motifs is 2. The summed E-state index contributed by atoms with van der Waals surface area (Å²) in [5.74, 6) is -0.246. The summed E-state index contributed by atoms with van der Waals surface area (Å²) in [6.07, 6.45) is 0.282. The third kappa shape index (κ3) is 2.84. The Balaban J connectivity index is 1.53. The second kappa shape index (κ2) is 6.41. The van der Waals surface area contributed by atoms with E-state index < -0.39 is 18.1 Å². The highest BCUT2D eigenvalue weighted by molar-refractivity contribution is 8.01. The number of Topliss-reactive ketones (excluding diaryl/α,β-unsaturated/α-hetero) is 1. The molecular formula is C20H22N2O4S. The molecule has 2 aliphatic rings. The number of H-pyrrole nitrogens is 1. The highest BCUT2D eigenvalue weighted by atomic mass is 32.2. The molecular weight excluding hydrogens is 364 g/mol. The van der Waals surface area contributed by atoms with Crippen LogP contribution in [0.3, 0.4) is 0 Å². The summed E-state index contributed by atoms with van der Waals surface area (Å²) < 4.78 is 5.52. The molecule has 0 radical (unpaired) electrons. The summed E-state index contributed by atoms with van der Waals surface area (Å²) in [5, 5.41) is 0.821. The van der Waals surface area contributed by atoms with Gasteiger partial charge in [-0.05, 0) is 33.3 Å². The van der Waals surface area contributed by atoms with Gasteiger partial charge in [-0.15, -0.1) is 11.8 Å². The molecule has 3 heterocycles. The van der Waals surface area contributed by atoms with Gasteiger partial charge in [0.2, 0.25) is 11.7 Å². The van der Waals surface area contributed by atoms with Gasteiger partial charge in [-0.2, -0.15) is 0 Å². The SMILES string of the molecule is Cc1[nH]c2ccccc2c1C(=O)[C@H](C)OC(=O)[C@H]1CS[C@@]2(C)CCC(=O)N12. The smallest absolute Gasteiger partial charge is 0.330 e. The van der Waals surface area contributed by atoms with Crippen molar-refractivity contribution in [2.45, 2.75) is 50.6 Å². The Morgan fingerprint density at radius 3 is 2.89 bits per heavy atom. The standard InChI is InChI=1S/C20H22N2O4S/c1-11-17(13-6-4-5-7-14(13)21-11)18(24)12(2)26-19(25)15-10-27-20(3)9-8-16(23)22(15)20/h4-7,12,15,21H,8-10H2,1-3H3/t12-,15+,20-/m0/s1. The Kier molecular flexibility index (Phi) is 4.29. The maximum Gasteiger partial charge on any atom is 0.330 e. The second-order valence-electron chi connectivity index (χ2n) is 7.38. The van der Waals surface area contributed by atoms with Gasteiger partial charge in [0.1, 0.15) is 6.04 Å². The predicted molar refractivity (Wildman–Crippen MR) is 104 cm³/mol. The van der Waals surface area contributed by atoms with Crippen LogP contribution >= 0.6 is 11.8 Å². The largest absolute Gasteiger partial charge is 0.453 e. The van der Waals surface area contributed by atoms with Crippen LogP contribution < -0.4 is 0 Å². The minimum atomic E-state index is -0.912. The Morgan fingerprint density at radius 2 is 2.11 bits per heavy atom. The predicted octanol–water partition coefficient (Wildman–Crippen LogP) is 3.04. The van der Waals surface area contributed by atoms with Gasteiger partial charge in [0.15, 0.2) is 6.10 Å². The highest BCUT2D eigenvalue weighted by Crippen LogP contribution is 2.47. The van der Waals surface area contributed by atoms with Crippen LogP contribution in [0.5, 0.6) is 0 Å². The third-order valence-corrected chi connectivity index (χ3v) is 7.02. The molecule has 2 saturated heterocycles. The molecule has 0 spiro atoms. The van der Waals surface area contributed by atoms with Gasteiger partial charge < -0.3 is 14.6 Å². The summed E-state index contributed by atoms with van der Waals surface area (Å²) in [7, 11) is 0. The molecule has 1 aromatic heterocycles. The molecule has 0 bridgehead atoms. The summed E-state index contributed by atoms with van der Waals surface area (Å²) in [6.45, 7) is 5.41. The number of nitrogens with one attached hydrogen (secondary N) is 1. The summed E-state index contributed by atoms with van der Waals surface area (Å²) in [5.41, 5.74) is 2.18. The monoisotopic (exact) mass is 386 g/mol. The molecule has 0 saturated carbocycles. The third-order valence-electron chi connectivity index (χ3n) is 5.52. The number of ether oxygens (including phenoxy) is 1. The van der Waals surface area contributed by atoms with Gasteiger partial charge >= 0.3 is 5.97 Å². The van der Waals surface area contributed by atoms with Gasteiger partial charge in [0.25, 0.3) is 0 Å². The number of carbonyl (C=O) groups is 3. The topological polar surface area (TPSA) is 79.5 Å². The number of para-hydroxylation sites is 1. The van der Waals surface area contributed by atoms with Crippen LogP contribution in [-0.4, -0.2) is 50.3 Å². The number of aromatic nitrogens is 1. The quantitative estimate of drug-likeness (QED) is 0.645. The summed E-state index contributed by atoms with van der Waals surface area (Å²) >= 11 is 1.61.